The molecule has 1 heterocycles. The lowest BCUT2D eigenvalue weighted by atomic mass is 9.47. The van der Waals surface area contributed by atoms with Crippen LogP contribution in [0.4, 0.5) is 5.69 Å². The highest BCUT2D eigenvalue weighted by atomic mass is 16.5. The number of nitriles is 1. The summed E-state index contributed by atoms with van der Waals surface area (Å²) in [6.45, 7) is 8.56. The minimum absolute atomic E-state index is 0.0507. The van der Waals surface area contributed by atoms with Gasteiger partial charge in [0.2, 0.25) is 0 Å². The molecule has 0 spiro atoms. The van der Waals surface area contributed by atoms with Gasteiger partial charge in [0, 0.05) is 24.4 Å². The first-order valence-corrected chi connectivity index (χ1v) is 12.9. The Bertz CT molecular complexity index is 1070. The Morgan fingerprint density at radius 2 is 1.91 bits per heavy atom. The van der Waals surface area contributed by atoms with Crippen LogP contribution in [-0.2, 0) is 9.53 Å². The van der Waals surface area contributed by atoms with Crippen molar-refractivity contribution in [3.63, 3.8) is 0 Å². The van der Waals surface area contributed by atoms with Crippen LogP contribution in [0.3, 0.4) is 0 Å². The molecule has 8 atom stereocenters. The highest BCUT2D eigenvalue weighted by molar-refractivity contribution is 5.69. The summed E-state index contributed by atoms with van der Waals surface area (Å²) in [4.78, 5) is 14.0. The van der Waals surface area contributed by atoms with Crippen LogP contribution in [0.15, 0.2) is 35.9 Å². The van der Waals surface area contributed by atoms with E-state index < -0.39 is 0 Å². The number of esters is 1. The van der Waals surface area contributed by atoms with E-state index in [1.165, 1.54) is 30.2 Å². The topological polar surface area (TPSA) is 53.1 Å². The molecule has 5 aliphatic rings. The zero-order valence-electron chi connectivity index (χ0n) is 20.4. The predicted octanol–water partition coefficient (Wildman–Crippen LogP) is 5.95. The first-order valence-electron chi connectivity index (χ1n) is 12.9. The number of carbonyl (C=O) groups is 1. The average molecular weight is 445 g/mol. The van der Waals surface area contributed by atoms with E-state index in [9.17, 15) is 10.1 Å². The Labute approximate surface area is 198 Å². The van der Waals surface area contributed by atoms with E-state index in [2.05, 4.69) is 62.1 Å². The number of benzene rings is 1. The third kappa shape index (κ3) is 2.66. The van der Waals surface area contributed by atoms with Crippen molar-refractivity contribution < 1.29 is 9.53 Å². The van der Waals surface area contributed by atoms with Gasteiger partial charge in [0.05, 0.1) is 12.1 Å². The van der Waals surface area contributed by atoms with Gasteiger partial charge in [0.15, 0.2) is 5.54 Å². The Morgan fingerprint density at radius 1 is 1.15 bits per heavy atom. The van der Waals surface area contributed by atoms with Crippen LogP contribution in [0.5, 0.6) is 0 Å². The fourth-order valence-electron chi connectivity index (χ4n) is 9.06. The molecule has 33 heavy (non-hydrogen) atoms. The van der Waals surface area contributed by atoms with Gasteiger partial charge in [-0.25, -0.2) is 0 Å². The maximum atomic E-state index is 11.5. The number of hydrogen-bond acceptors (Lipinski definition) is 4. The van der Waals surface area contributed by atoms with Gasteiger partial charge in [-0.3, -0.25) is 4.79 Å². The minimum atomic E-state index is -0.338. The molecule has 4 fully saturated rings. The molecule has 174 valence electrons. The lowest BCUT2D eigenvalue weighted by Crippen LogP contribution is -2.54. The van der Waals surface area contributed by atoms with Crippen molar-refractivity contribution in [1.29, 1.82) is 5.26 Å². The van der Waals surface area contributed by atoms with E-state index in [1.807, 2.05) is 0 Å². The van der Waals surface area contributed by atoms with E-state index >= 15 is 0 Å². The van der Waals surface area contributed by atoms with Crippen LogP contribution >= 0.6 is 0 Å². The summed E-state index contributed by atoms with van der Waals surface area (Å²) >= 11 is 0. The van der Waals surface area contributed by atoms with Crippen molar-refractivity contribution in [3.05, 3.63) is 41.5 Å². The SMILES string of the molecule is CC(=O)OC1CCC2(C)C(=CCC3C2CCC2(C)C3CC3N(c4ccc(C)cc4)C32C#N)C1. The molecule has 3 saturated carbocycles. The summed E-state index contributed by atoms with van der Waals surface area (Å²) in [6.07, 6.45) is 10.2. The van der Waals surface area contributed by atoms with Gasteiger partial charge < -0.3 is 9.64 Å². The normalized spacial score (nSPS) is 45.0. The second-order valence-corrected chi connectivity index (χ2v) is 12.0. The Hall–Kier alpha value is -2.28. The largest absolute Gasteiger partial charge is 0.462 e. The molecular formula is C29H36N2O2. The molecule has 8 unspecified atom stereocenters. The van der Waals surface area contributed by atoms with Gasteiger partial charge in [0.1, 0.15) is 6.10 Å². The van der Waals surface area contributed by atoms with E-state index in [0.717, 1.165) is 38.5 Å². The van der Waals surface area contributed by atoms with Crippen LogP contribution in [0.1, 0.15) is 71.3 Å². The predicted molar refractivity (Wildman–Crippen MR) is 128 cm³/mol. The van der Waals surface area contributed by atoms with Crippen LogP contribution in [0.2, 0.25) is 0 Å². The number of nitrogens with zero attached hydrogens (tertiary/aromatic N) is 2. The van der Waals surface area contributed by atoms with E-state index in [4.69, 9.17) is 4.74 Å². The molecule has 0 amide bonds. The van der Waals surface area contributed by atoms with Crippen LogP contribution in [0, 0.1) is 46.8 Å². The molecule has 0 N–H and O–H groups in total. The number of hydrogen-bond donors (Lipinski definition) is 0. The van der Waals surface area contributed by atoms with Crippen molar-refractivity contribution in [2.24, 2.45) is 28.6 Å². The molecule has 1 aliphatic heterocycles. The summed E-state index contributed by atoms with van der Waals surface area (Å²) in [5.74, 6) is 1.82. The van der Waals surface area contributed by atoms with Crippen molar-refractivity contribution in [2.45, 2.75) is 90.3 Å². The molecular weight excluding hydrogens is 408 g/mol. The highest BCUT2D eigenvalue weighted by Crippen LogP contribution is 2.74. The minimum Gasteiger partial charge on any atom is -0.462 e. The molecule has 1 aromatic rings. The van der Waals surface area contributed by atoms with E-state index in [1.54, 1.807) is 0 Å². The van der Waals surface area contributed by atoms with Gasteiger partial charge in [-0.1, -0.05) is 43.2 Å². The van der Waals surface area contributed by atoms with Gasteiger partial charge in [-0.05, 0) is 80.8 Å². The summed E-state index contributed by atoms with van der Waals surface area (Å²) < 4.78 is 5.59. The molecule has 1 saturated heterocycles. The molecule has 0 radical (unpaired) electrons. The molecule has 4 nitrogen and oxygen atoms in total. The quantitative estimate of drug-likeness (QED) is 0.321. The highest BCUT2D eigenvalue weighted by Gasteiger charge is 2.80. The van der Waals surface area contributed by atoms with Gasteiger partial charge in [-0.2, -0.15) is 5.26 Å². The first-order chi connectivity index (χ1) is 15.7. The number of fused-ring (bicyclic) bond motifs is 7. The number of aryl methyl sites for hydroxylation is 1. The third-order valence-electron chi connectivity index (χ3n) is 10.7. The van der Waals surface area contributed by atoms with Gasteiger partial charge >= 0.3 is 5.97 Å². The zero-order chi connectivity index (χ0) is 23.2. The van der Waals surface area contributed by atoms with Crippen molar-refractivity contribution in [3.8, 4) is 6.07 Å². The smallest absolute Gasteiger partial charge is 0.302 e. The standard InChI is InChI=1S/C29H36N2O2/c1-18-5-8-21(9-6-18)31-26-16-25-23-10-7-20-15-22(33-19(2)32)11-13-27(20,3)24(23)12-14-28(25,4)29(26,31)17-30/h5-9,22-26H,10-16H2,1-4H3. The molecule has 4 heteroatoms. The second kappa shape index (κ2) is 6.87. The van der Waals surface area contributed by atoms with Crippen molar-refractivity contribution in [1.82, 2.24) is 0 Å². The number of allylic oxidation sites excluding steroid dienone is 1. The fraction of sp³-hybridized carbons (Fsp3) is 0.655. The van der Waals surface area contributed by atoms with E-state index in [0.29, 0.717) is 23.8 Å². The zero-order valence-corrected chi connectivity index (χ0v) is 20.4. The third-order valence-corrected chi connectivity index (χ3v) is 10.7. The van der Waals surface area contributed by atoms with Crippen LogP contribution in [-0.4, -0.2) is 23.7 Å². The number of ether oxygens (including phenoxy) is 1. The number of carbonyl (C=O) groups excluding carboxylic acids is 1. The fourth-order valence-corrected chi connectivity index (χ4v) is 9.06. The lowest BCUT2D eigenvalue weighted by Gasteiger charge is -2.58. The monoisotopic (exact) mass is 444 g/mol. The lowest BCUT2D eigenvalue weighted by molar-refractivity contribution is -0.148. The van der Waals surface area contributed by atoms with Crippen molar-refractivity contribution in [2.75, 3.05) is 4.90 Å². The van der Waals surface area contributed by atoms with Gasteiger partial charge in [0.25, 0.3) is 0 Å². The van der Waals surface area contributed by atoms with E-state index in [-0.39, 0.29) is 28.4 Å². The maximum Gasteiger partial charge on any atom is 0.302 e. The van der Waals surface area contributed by atoms with Gasteiger partial charge in [-0.15, -0.1) is 0 Å². The summed E-state index contributed by atoms with van der Waals surface area (Å²) in [5.41, 5.74) is 3.96. The number of piperidine rings is 1. The maximum absolute atomic E-state index is 11.5. The Morgan fingerprint density at radius 3 is 2.61 bits per heavy atom. The number of rotatable bonds is 2. The van der Waals surface area contributed by atoms with Crippen LogP contribution in [0.25, 0.3) is 0 Å². The average Bonchev–Trinajstić information content (AvgIpc) is 3.36. The molecule has 4 aliphatic carbocycles. The molecule has 1 aromatic carbocycles. The molecule has 0 aromatic heterocycles. The second-order valence-electron chi connectivity index (χ2n) is 12.0. The molecule has 6 rings (SSSR count). The Balaban J connectivity index is 1.28. The summed E-state index contributed by atoms with van der Waals surface area (Å²) in [6, 6.07) is 12.0. The number of anilines is 1. The van der Waals surface area contributed by atoms with Crippen molar-refractivity contribution >= 4 is 11.7 Å². The molecule has 0 bridgehead atoms. The summed E-state index contributed by atoms with van der Waals surface area (Å²) in [5, 5.41) is 10.5. The Kier molecular flexibility index (Phi) is 4.43. The van der Waals surface area contributed by atoms with Crippen LogP contribution < -0.4 is 4.90 Å². The summed E-state index contributed by atoms with van der Waals surface area (Å²) in [7, 11) is 0. The first kappa shape index (κ1) is 21.3.